The number of hydrogen-bond acceptors (Lipinski definition) is 9. The first-order valence-electron chi connectivity index (χ1n) is 6.51. The molecule has 0 heterocycles. The summed E-state index contributed by atoms with van der Waals surface area (Å²) >= 11 is 0. The minimum absolute atomic E-state index is 0.249. The Balaban J connectivity index is 5.63. The van der Waals surface area contributed by atoms with Gasteiger partial charge < -0.3 is 0 Å². The Hall–Kier alpha value is -1.98. The molecule has 0 fully saturated rings. The third-order valence-corrected chi connectivity index (χ3v) is 3.07. The first kappa shape index (κ1) is 19.0. The second-order valence-electron chi connectivity index (χ2n) is 4.65. The summed E-state index contributed by atoms with van der Waals surface area (Å²) in [4.78, 5) is 42.1. The number of hydrogen-bond donors (Lipinski definition) is 3. The van der Waals surface area contributed by atoms with E-state index in [1.54, 1.807) is 0 Å². The van der Waals surface area contributed by atoms with E-state index in [-0.39, 0.29) is 6.42 Å². The molecule has 0 aromatic carbocycles. The Labute approximate surface area is 122 Å². The lowest BCUT2D eigenvalue weighted by Gasteiger charge is -2.37. The van der Waals surface area contributed by atoms with E-state index >= 15 is 0 Å². The molecule has 6 N–H and O–H groups in total. The van der Waals surface area contributed by atoms with Gasteiger partial charge in [0, 0.05) is 0 Å². The van der Waals surface area contributed by atoms with E-state index in [2.05, 4.69) is 15.0 Å². The Morgan fingerprint density at radius 2 is 1.52 bits per heavy atom. The molecule has 21 heavy (non-hydrogen) atoms. The minimum atomic E-state index is -2.20. The summed E-state index contributed by atoms with van der Waals surface area (Å²) in [7, 11) is 0. The van der Waals surface area contributed by atoms with Gasteiger partial charge in [0.05, 0.1) is 0 Å². The van der Waals surface area contributed by atoms with Gasteiger partial charge in [0.15, 0.2) is 5.79 Å². The van der Waals surface area contributed by atoms with Gasteiger partial charge in [0.2, 0.25) is 23.9 Å². The Bertz CT molecular complexity index is 450. The van der Waals surface area contributed by atoms with Crippen LogP contribution in [0.4, 0.5) is 0 Å². The van der Waals surface area contributed by atoms with Crippen molar-refractivity contribution in [2.24, 2.45) is 32.2 Å². The molecule has 0 saturated carbocycles. The summed E-state index contributed by atoms with van der Waals surface area (Å²) in [6, 6.07) is -1.10. The van der Waals surface area contributed by atoms with Gasteiger partial charge in [0.1, 0.15) is 6.04 Å². The molecule has 1 unspecified atom stereocenters. The average Bonchev–Trinajstić information content (AvgIpc) is 2.40. The lowest BCUT2D eigenvalue weighted by atomic mass is 9.90. The minimum Gasteiger partial charge on any atom is -0.297 e. The lowest BCUT2D eigenvalue weighted by molar-refractivity contribution is 0.193. The maximum atomic E-state index is 10.6. The predicted molar refractivity (Wildman–Crippen MR) is 74.9 cm³/mol. The highest BCUT2D eigenvalue weighted by atomic mass is 16.1. The van der Waals surface area contributed by atoms with E-state index in [1.165, 1.54) is 18.2 Å². The zero-order chi connectivity index (χ0) is 16.4. The van der Waals surface area contributed by atoms with Crippen LogP contribution in [0, 0.1) is 0 Å². The summed E-state index contributed by atoms with van der Waals surface area (Å²) in [5, 5.41) is 0. The molecular weight excluding hydrogens is 276 g/mol. The van der Waals surface area contributed by atoms with Gasteiger partial charge >= 0.3 is 0 Å². The molecule has 0 aliphatic carbocycles. The number of aliphatic imine (C=N–C) groups is 3. The number of carbonyl (C=O) groups excluding carboxylic acids is 3. The molecule has 0 radical (unpaired) electrons. The summed E-state index contributed by atoms with van der Waals surface area (Å²) in [6.45, 7) is 2.03. The third kappa shape index (κ3) is 5.13. The molecule has 0 spiro atoms. The van der Waals surface area contributed by atoms with Crippen molar-refractivity contribution in [1.82, 2.24) is 0 Å². The van der Waals surface area contributed by atoms with Crippen molar-refractivity contribution in [2.45, 2.75) is 56.5 Å². The normalized spacial score (nSPS) is 14.9. The van der Waals surface area contributed by atoms with Crippen LogP contribution in [0.2, 0.25) is 0 Å². The molecule has 9 heteroatoms. The van der Waals surface area contributed by atoms with E-state index in [4.69, 9.17) is 17.2 Å². The third-order valence-electron chi connectivity index (χ3n) is 3.07. The van der Waals surface area contributed by atoms with Crippen molar-refractivity contribution in [3.8, 4) is 0 Å². The molecule has 0 saturated heterocycles. The maximum absolute atomic E-state index is 10.6. The van der Waals surface area contributed by atoms with Gasteiger partial charge in [-0.1, -0.05) is 32.6 Å². The summed E-state index contributed by atoms with van der Waals surface area (Å²) in [6.07, 6.45) is 7.45. The van der Waals surface area contributed by atoms with E-state index in [1.807, 2.05) is 6.92 Å². The monoisotopic (exact) mass is 296 g/mol. The van der Waals surface area contributed by atoms with Gasteiger partial charge in [-0.05, 0) is 6.42 Å². The average molecular weight is 296 g/mol. The van der Waals surface area contributed by atoms with Crippen molar-refractivity contribution in [2.75, 3.05) is 0 Å². The van der Waals surface area contributed by atoms with Gasteiger partial charge in [-0.25, -0.2) is 14.4 Å². The summed E-state index contributed by atoms with van der Waals surface area (Å²) in [5.41, 5.74) is 14.6. The number of rotatable bonds is 10. The van der Waals surface area contributed by atoms with Gasteiger partial charge in [-0.3, -0.25) is 17.2 Å². The summed E-state index contributed by atoms with van der Waals surface area (Å²) in [5.74, 6) is -2.20. The molecule has 0 aliphatic rings. The molecular formula is C12H20N6O3. The maximum Gasteiger partial charge on any atom is 0.241 e. The fraction of sp³-hybridized carbons (Fsp3) is 0.750. The van der Waals surface area contributed by atoms with Crippen LogP contribution < -0.4 is 17.2 Å². The van der Waals surface area contributed by atoms with Crippen LogP contribution in [-0.4, -0.2) is 35.7 Å². The SMILES string of the molecule is CCCCCCC(N=C=O)C(N=C=O)(N=C=O)C(N)(N)N. The number of unbranched alkanes of at least 4 members (excludes halogenated alkanes) is 3. The molecule has 0 aromatic heterocycles. The Kier molecular flexibility index (Phi) is 8.19. The molecule has 0 aromatic rings. The smallest absolute Gasteiger partial charge is 0.241 e. The van der Waals surface area contributed by atoms with Crippen molar-refractivity contribution in [1.29, 1.82) is 0 Å². The summed E-state index contributed by atoms with van der Waals surface area (Å²) < 4.78 is 0. The lowest BCUT2D eigenvalue weighted by Crippen LogP contribution is -2.75. The Morgan fingerprint density at radius 3 is 1.90 bits per heavy atom. The zero-order valence-electron chi connectivity index (χ0n) is 11.9. The number of nitrogens with two attached hydrogens (primary N) is 3. The van der Waals surface area contributed by atoms with E-state index in [9.17, 15) is 14.4 Å². The molecule has 0 aliphatic heterocycles. The van der Waals surface area contributed by atoms with Gasteiger partial charge in [-0.15, -0.1) is 0 Å². The van der Waals surface area contributed by atoms with Gasteiger partial charge in [0.25, 0.3) is 0 Å². The highest BCUT2D eigenvalue weighted by Crippen LogP contribution is 2.29. The standard InChI is InChI=1S/C12H20N6O3/c1-2-3-4-5-6-10(16-7-19)11(17-8-20,18-9-21)12(13,14)15/h10H,2-6,13-15H2,1H3. The number of nitrogens with zero attached hydrogens (tertiary/aromatic N) is 3. The largest absolute Gasteiger partial charge is 0.297 e. The fourth-order valence-corrected chi connectivity index (χ4v) is 1.98. The van der Waals surface area contributed by atoms with E-state index in [0.717, 1.165) is 19.3 Å². The molecule has 0 bridgehead atoms. The molecule has 0 amide bonds. The first-order chi connectivity index (χ1) is 9.89. The fourth-order valence-electron chi connectivity index (χ4n) is 1.98. The topological polar surface area (TPSA) is 166 Å². The van der Waals surface area contributed by atoms with Crippen molar-refractivity contribution in [3.63, 3.8) is 0 Å². The number of isocyanates is 3. The highest BCUT2D eigenvalue weighted by Gasteiger charge is 2.52. The van der Waals surface area contributed by atoms with Crippen LogP contribution in [0.3, 0.4) is 0 Å². The quantitative estimate of drug-likeness (QED) is 0.214. The van der Waals surface area contributed by atoms with E-state index < -0.39 is 17.5 Å². The zero-order valence-corrected chi connectivity index (χ0v) is 11.9. The van der Waals surface area contributed by atoms with E-state index in [0.29, 0.717) is 6.42 Å². The van der Waals surface area contributed by atoms with Crippen LogP contribution in [0.15, 0.2) is 15.0 Å². The van der Waals surface area contributed by atoms with Crippen molar-refractivity contribution in [3.05, 3.63) is 0 Å². The van der Waals surface area contributed by atoms with Crippen LogP contribution in [0.5, 0.6) is 0 Å². The molecule has 116 valence electrons. The van der Waals surface area contributed by atoms with Crippen molar-refractivity contribution < 1.29 is 14.4 Å². The van der Waals surface area contributed by atoms with Crippen LogP contribution in [-0.2, 0) is 14.4 Å². The van der Waals surface area contributed by atoms with Crippen LogP contribution in [0.1, 0.15) is 39.0 Å². The first-order valence-corrected chi connectivity index (χ1v) is 6.51. The predicted octanol–water partition coefficient (Wildman–Crippen LogP) is -0.441. The van der Waals surface area contributed by atoms with Crippen LogP contribution >= 0.6 is 0 Å². The second-order valence-corrected chi connectivity index (χ2v) is 4.65. The molecule has 9 nitrogen and oxygen atoms in total. The van der Waals surface area contributed by atoms with Gasteiger partial charge in [-0.2, -0.15) is 15.0 Å². The second kappa shape index (κ2) is 9.05. The van der Waals surface area contributed by atoms with Crippen molar-refractivity contribution >= 4 is 18.2 Å². The highest BCUT2D eigenvalue weighted by molar-refractivity contribution is 5.43. The Morgan fingerprint density at radius 1 is 0.952 bits per heavy atom. The molecule has 1 atom stereocenters. The molecule has 0 rings (SSSR count). The van der Waals surface area contributed by atoms with Crippen LogP contribution in [0.25, 0.3) is 0 Å².